The molecule has 9 nitrogen and oxygen atoms in total. The number of carbonyl (C=O) groups is 3. The number of aliphatic hydroxyl groups is 1. The van der Waals surface area contributed by atoms with Crippen LogP contribution in [-0.2, 0) is 38.1 Å². The van der Waals surface area contributed by atoms with E-state index in [9.17, 15) is 19.5 Å². The third-order valence-electron chi connectivity index (χ3n) is 7.76. The molecule has 9 heteroatoms. The number of fused-ring (bicyclic) bond motifs is 1. The van der Waals surface area contributed by atoms with Gasteiger partial charge in [-0.2, -0.15) is 0 Å². The van der Waals surface area contributed by atoms with Crippen LogP contribution in [0.1, 0.15) is 80.1 Å². The predicted molar refractivity (Wildman–Crippen MR) is 125 cm³/mol. The minimum absolute atomic E-state index is 0.0708. The van der Waals surface area contributed by atoms with E-state index < -0.39 is 48.1 Å². The molecule has 2 aliphatic carbocycles. The Morgan fingerprint density at radius 1 is 1.03 bits per heavy atom. The highest BCUT2D eigenvalue weighted by Crippen LogP contribution is 2.53. The van der Waals surface area contributed by atoms with Crippen LogP contribution in [0.3, 0.4) is 0 Å². The maximum atomic E-state index is 11.9. The van der Waals surface area contributed by atoms with E-state index in [4.69, 9.17) is 23.7 Å². The van der Waals surface area contributed by atoms with Crippen molar-refractivity contribution < 1.29 is 43.2 Å². The molecule has 198 valence electrons. The normalized spacial score (nSPS) is 33.5. The lowest BCUT2D eigenvalue weighted by Gasteiger charge is -2.49. The Morgan fingerprint density at radius 2 is 1.66 bits per heavy atom. The van der Waals surface area contributed by atoms with Crippen molar-refractivity contribution in [2.24, 2.45) is 11.3 Å². The van der Waals surface area contributed by atoms with Gasteiger partial charge in [-0.1, -0.05) is 12.5 Å². The SMILES string of the molecule is CC(=O)O[C@@H]1[C@@H](OC(C)=O)[C@H](OC(C)(C)[C@@H]2CC[C@@]3(C)CCCC(CO)=C3C2)OC[C@H]1OC(C)=O. The molecule has 1 saturated heterocycles. The van der Waals surface area contributed by atoms with Crippen LogP contribution in [0.4, 0.5) is 0 Å². The molecule has 1 saturated carbocycles. The molecule has 35 heavy (non-hydrogen) atoms. The van der Waals surface area contributed by atoms with Crippen LogP contribution in [0, 0.1) is 11.3 Å². The fourth-order valence-corrected chi connectivity index (χ4v) is 5.90. The number of hydrogen-bond acceptors (Lipinski definition) is 9. The number of rotatable bonds is 7. The molecule has 0 spiro atoms. The van der Waals surface area contributed by atoms with Crippen molar-refractivity contribution in [3.05, 3.63) is 11.1 Å². The fraction of sp³-hybridized carbons (Fsp3) is 0.808. The second-order valence-electron chi connectivity index (χ2n) is 10.8. The van der Waals surface area contributed by atoms with Crippen LogP contribution in [0.15, 0.2) is 11.1 Å². The predicted octanol–water partition coefficient (Wildman–Crippen LogP) is 3.21. The summed E-state index contributed by atoms with van der Waals surface area (Å²) in [5.74, 6) is -1.62. The second kappa shape index (κ2) is 11.0. The van der Waals surface area contributed by atoms with Crippen LogP contribution >= 0.6 is 0 Å². The molecule has 0 bridgehead atoms. The van der Waals surface area contributed by atoms with Gasteiger partial charge in [-0.25, -0.2) is 0 Å². The molecule has 3 aliphatic rings. The van der Waals surface area contributed by atoms with Crippen molar-refractivity contribution in [3.63, 3.8) is 0 Å². The summed E-state index contributed by atoms with van der Waals surface area (Å²) in [7, 11) is 0. The van der Waals surface area contributed by atoms with Gasteiger partial charge in [-0.05, 0) is 69.3 Å². The van der Waals surface area contributed by atoms with Crippen molar-refractivity contribution in [1.29, 1.82) is 0 Å². The summed E-state index contributed by atoms with van der Waals surface area (Å²) < 4.78 is 28.6. The summed E-state index contributed by atoms with van der Waals surface area (Å²) in [6.07, 6.45) is 1.80. The van der Waals surface area contributed by atoms with E-state index in [0.29, 0.717) is 0 Å². The van der Waals surface area contributed by atoms with Gasteiger partial charge in [0, 0.05) is 20.8 Å². The number of ether oxygens (including phenoxy) is 5. The number of esters is 3. The summed E-state index contributed by atoms with van der Waals surface area (Å²) in [4.78, 5) is 35.4. The van der Waals surface area contributed by atoms with Crippen molar-refractivity contribution in [1.82, 2.24) is 0 Å². The van der Waals surface area contributed by atoms with E-state index >= 15 is 0 Å². The van der Waals surface area contributed by atoms with Crippen molar-refractivity contribution >= 4 is 17.9 Å². The molecule has 1 aliphatic heterocycles. The Morgan fingerprint density at radius 3 is 2.26 bits per heavy atom. The Balaban J connectivity index is 1.83. The van der Waals surface area contributed by atoms with E-state index in [-0.39, 0.29) is 24.5 Å². The zero-order valence-corrected chi connectivity index (χ0v) is 21.8. The van der Waals surface area contributed by atoms with Crippen LogP contribution in [0.25, 0.3) is 0 Å². The first kappa shape index (κ1) is 27.6. The lowest BCUT2D eigenvalue weighted by Crippen LogP contribution is -2.60. The summed E-state index contributed by atoms with van der Waals surface area (Å²) in [5.41, 5.74) is 1.92. The van der Waals surface area contributed by atoms with E-state index in [1.54, 1.807) is 0 Å². The lowest BCUT2D eigenvalue weighted by atomic mass is 9.59. The zero-order valence-electron chi connectivity index (χ0n) is 21.8. The maximum Gasteiger partial charge on any atom is 0.303 e. The molecular formula is C26H40O9. The maximum absolute atomic E-state index is 11.9. The molecule has 0 aromatic heterocycles. The Kier molecular flexibility index (Phi) is 8.65. The highest BCUT2D eigenvalue weighted by molar-refractivity contribution is 5.68. The van der Waals surface area contributed by atoms with E-state index in [1.165, 1.54) is 26.3 Å². The molecule has 3 rings (SSSR count). The van der Waals surface area contributed by atoms with Gasteiger partial charge in [0.25, 0.3) is 0 Å². The number of carbonyl (C=O) groups excluding carboxylic acids is 3. The molecule has 6 atom stereocenters. The molecular weight excluding hydrogens is 456 g/mol. The highest BCUT2D eigenvalue weighted by atomic mass is 16.7. The van der Waals surface area contributed by atoms with Crippen molar-refractivity contribution in [3.8, 4) is 0 Å². The minimum Gasteiger partial charge on any atom is -0.456 e. The number of allylic oxidation sites excluding steroid dienone is 1. The van der Waals surface area contributed by atoms with Gasteiger partial charge in [0.05, 0.1) is 18.8 Å². The van der Waals surface area contributed by atoms with Crippen molar-refractivity contribution in [2.75, 3.05) is 13.2 Å². The first-order valence-electron chi connectivity index (χ1n) is 12.5. The van der Waals surface area contributed by atoms with Crippen LogP contribution < -0.4 is 0 Å². The van der Waals surface area contributed by atoms with Crippen LogP contribution in [0.2, 0.25) is 0 Å². The van der Waals surface area contributed by atoms with Gasteiger partial charge in [-0.3, -0.25) is 14.4 Å². The smallest absolute Gasteiger partial charge is 0.303 e. The summed E-state index contributed by atoms with van der Waals surface area (Å²) in [5, 5.41) is 9.97. The van der Waals surface area contributed by atoms with E-state index in [2.05, 4.69) is 6.92 Å². The van der Waals surface area contributed by atoms with Gasteiger partial charge >= 0.3 is 17.9 Å². The summed E-state index contributed by atoms with van der Waals surface area (Å²) in [6.45, 7) is 10.00. The zero-order chi connectivity index (χ0) is 26.0. The number of hydrogen-bond donors (Lipinski definition) is 1. The van der Waals surface area contributed by atoms with Crippen LogP contribution in [-0.4, -0.2) is 66.4 Å². The van der Waals surface area contributed by atoms with Crippen molar-refractivity contribution in [2.45, 2.75) is 110 Å². The molecule has 0 radical (unpaired) electrons. The standard InChI is InChI=1S/C26H40O9/c1-15(28)32-21-14-31-24(23(34-17(3)30)22(21)33-16(2)29)35-25(4,5)19-9-11-26(6)10-7-8-18(13-27)20(26)12-19/h19,21-24,27H,7-14H2,1-6H3/t19-,21-,22+,23-,24+,26-/m1/s1. The topological polar surface area (TPSA) is 118 Å². The molecule has 0 aromatic rings. The summed E-state index contributed by atoms with van der Waals surface area (Å²) >= 11 is 0. The average Bonchev–Trinajstić information content (AvgIpc) is 2.75. The monoisotopic (exact) mass is 496 g/mol. The Bertz CT molecular complexity index is 848. The Hall–Kier alpha value is -1.97. The molecule has 0 unspecified atom stereocenters. The lowest BCUT2D eigenvalue weighted by molar-refractivity contribution is -0.309. The third-order valence-corrected chi connectivity index (χ3v) is 7.76. The quantitative estimate of drug-likeness (QED) is 0.322. The largest absolute Gasteiger partial charge is 0.456 e. The highest BCUT2D eigenvalue weighted by Gasteiger charge is 2.51. The third kappa shape index (κ3) is 6.43. The minimum atomic E-state index is -1.11. The van der Waals surface area contributed by atoms with Gasteiger partial charge < -0.3 is 28.8 Å². The number of aliphatic hydroxyl groups excluding tert-OH is 1. The van der Waals surface area contributed by atoms with Gasteiger partial charge in [-0.15, -0.1) is 0 Å². The van der Waals surface area contributed by atoms with Crippen LogP contribution in [0.5, 0.6) is 0 Å². The van der Waals surface area contributed by atoms with E-state index in [0.717, 1.165) is 44.1 Å². The summed E-state index contributed by atoms with van der Waals surface area (Å²) in [6, 6.07) is 0. The van der Waals surface area contributed by atoms with Gasteiger partial charge in [0.1, 0.15) is 0 Å². The van der Waals surface area contributed by atoms with Gasteiger partial charge in [0.2, 0.25) is 0 Å². The first-order chi connectivity index (χ1) is 16.4. The molecule has 0 amide bonds. The molecule has 1 heterocycles. The van der Waals surface area contributed by atoms with E-state index in [1.807, 2.05) is 13.8 Å². The average molecular weight is 497 g/mol. The molecule has 0 aromatic carbocycles. The molecule has 1 N–H and O–H groups in total. The Labute approximate surface area is 207 Å². The fourth-order valence-electron chi connectivity index (χ4n) is 5.90. The first-order valence-corrected chi connectivity index (χ1v) is 12.5. The second-order valence-corrected chi connectivity index (χ2v) is 10.8. The molecule has 2 fully saturated rings. The van der Waals surface area contributed by atoms with Gasteiger partial charge in [0.15, 0.2) is 24.6 Å².